The van der Waals surface area contributed by atoms with Gasteiger partial charge in [-0.3, -0.25) is 14.2 Å². The van der Waals surface area contributed by atoms with Gasteiger partial charge in [-0.2, -0.15) is 0 Å². The summed E-state index contributed by atoms with van der Waals surface area (Å²) in [6.45, 7) is 5.87. The molecule has 94 valence electrons. The van der Waals surface area contributed by atoms with E-state index in [1.807, 2.05) is 6.92 Å². The molecule has 0 spiro atoms. The van der Waals surface area contributed by atoms with Gasteiger partial charge in [-0.15, -0.1) is 0 Å². The van der Waals surface area contributed by atoms with Gasteiger partial charge in [-0.05, 0) is 20.3 Å². The maximum absolute atomic E-state index is 11.8. The minimum absolute atomic E-state index is 0.143. The smallest absolute Gasteiger partial charge is 0.255 e. The van der Waals surface area contributed by atoms with Crippen LogP contribution in [-0.2, 0) is 4.79 Å². The van der Waals surface area contributed by atoms with Crippen LogP contribution in [0.1, 0.15) is 32.1 Å². The van der Waals surface area contributed by atoms with Crippen LogP contribution < -0.4 is 10.9 Å². The van der Waals surface area contributed by atoms with E-state index < -0.39 is 6.04 Å². The molecule has 1 heterocycles. The molecule has 17 heavy (non-hydrogen) atoms. The lowest BCUT2D eigenvalue weighted by atomic mass is 10.3. The topological polar surface area (TPSA) is 64.0 Å². The monoisotopic (exact) mass is 257 g/mol. The molecule has 1 atom stereocenters. The Bertz CT molecular complexity index is 470. The average Bonchev–Trinajstić information content (AvgIpc) is 2.24. The number of nitrogens with zero attached hydrogens (tertiary/aromatic N) is 2. The third-order valence-electron chi connectivity index (χ3n) is 2.41. The number of aromatic nitrogens is 2. The van der Waals surface area contributed by atoms with Crippen molar-refractivity contribution in [2.75, 3.05) is 6.54 Å². The predicted octanol–water partition coefficient (Wildman–Crippen LogP) is 1.29. The van der Waals surface area contributed by atoms with E-state index in [1.165, 1.54) is 10.6 Å². The van der Waals surface area contributed by atoms with Gasteiger partial charge >= 0.3 is 0 Å². The molecule has 1 rings (SSSR count). The predicted molar refractivity (Wildman–Crippen MR) is 66.3 cm³/mol. The van der Waals surface area contributed by atoms with Crippen molar-refractivity contribution in [1.82, 2.24) is 14.9 Å². The second kappa shape index (κ2) is 5.82. The standard InChI is InChI=1S/C11H16ClN3O2/c1-4-5-13-11(17)7(2)15-8(3)14-9(12)6-10(15)16/h6-7H,4-5H2,1-3H3,(H,13,17). The first-order chi connectivity index (χ1) is 7.97. The van der Waals surface area contributed by atoms with Crippen LogP contribution in [0.25, 0.3) is 0 Å². The molecule has 5 nitrogen and oxygen atoms in total. The fourth-order valence-electron chi connectivity index (χ4n) is 1.56. The minimum atomic E-state index is -0.584. The van der Waals surface area contributed by atoms with Crippen LogP contribution in [0.5, 0.6) is 0 Å². The summed E-state index contributed by atoms with van der Waals surface area (Å²) in [6, 6.07) is 0.622. The van der Waals surface area contributed by atoms with Crippen molar-refractivity contribution in [3.8, 4) is 0 Å². The van der Waals surface area contributed by atoms with Gasteiger partial charge in [0.2, 0.25) is 5.91 Å². The van der Waals surface area contributed by atoms with Crippen LogP contribution in [0.15, 0.2) is 10.9 Å². The highest BCUT2D eigenvalue weighted by atomic mass is 35.5. The van der Waals surface area contributed by atoms with E-state index >= 15 is 0 Å². The SMILES string of the molecule is CCCNC(=O)C(C)n1c(C)nc(Cl)cc1=O. The highest BCUT2D eigenvalue weighted by molar-refractivity contribution is 6.29. The second-order valence-corrected chi connectivity index (χ2v) is 4.19. The first-order valence-electron chi connectivity index (χ1n) is 5.50. The van der Waals surface area contributed by atoms with Gasteiger partial charge in [0.05, 0.1) is 0 Å². The number of carbonyl (C=O) groups is 1. The van der Waals surface area contributed by atoms with Gasteiger partial charge in [0.25, 0.3) is 5.56 Å². The molecule has 0 bridgehead atoms. The minimum Gasteiger partial charge on any atom is -0.354 e. The normalized spacial score (nSPS) is 12.2. The average molecular weight is 258 g/mol. The Morgan fingerprint density at radius 2 is 2.29 bits per heavy atom. The van der Waals surface area contributed by atoms with E-state index in [0.717, 1.165) is 6.42 Å². The van der Waals surface area contributed by atoms with Crippen molar-refractivity contribution < 1.29 is 4.79 Å². The molecule has 1 aromatic heterocycles. The number of carbonyl (C=O) groups excluding carboxylic acids is 1. The highest BCUT2D eigenvalue weighted by Gasteiger charge is 2.18. The number of hydrogen-bond donors (Lipinski definition) is 1. The molecule has 6 heteroatoms. The lowest BCUT2D eigenvalue weighted by Gasteiger charge is -2.16. The summed E-state index contributed by atoms with van der Waals surface area (Å²) < 4.78 is 1.33. The van der Waals surface area contributed by atoms with Crippen molar-refractivity contribution in [1.29, 1.82) is 0 Å². The Hall–Kier alpha value is -1.36. The third-order valence-corrected chi connectivity index (χ3v) is 2.61. The molecule has 1 aromatic rings. The van der Waals surface area contributed by atoms with Gasteiger partial charge in [0, 0.05) is 12.6 Å². The second-order valence-electron chi connectivity index (χ2n) is 3.80. The lowest BCUT2D eigenvalue weighted by molar-refractivity contribution is -0.124. The Labute approximate surface area is 105 Å². The zero-order valence-electron chi connectivity index (χ0n) is 10.2. The van der Waals surface area contributed by atoms with Crippen molar-refractivity contribution >= 4 is 17.5 Å². The Balaban J connectivity index is 3.00. The van der Waals surface area contributed by atoms with Crippen molar-refractivity contribution in [2.45, 2.75) is 33.2 Å². The van der Waals surface area contributed by atoms with E-state index in [-0.39, 0.29) is 16.6 Å². The van der Waals surface area contributed by atoms with Crippen molar-refractivity contribution in [3.63, 3.8) is 0 Å². The number of rotatable bonds is 4. The Kier molecular flexibility index (Phi) is 4.69. The summed E-state index contributed by atoms with van der Waals surface area (Å²) in [4.78, 5) is 27.5. The molecule has 0 saturated carbocycles. The summed E-state index contributed by atoms with van der Waals surface area (Å²) in [6.07, 6.45) is 0.852. The number of aryl methyl sites for hydroxylation is 1. The quantitative estimate of drug-likeness (QED) is 0.827. The Morgan fingerprint density at radius 1 is 1.65 bits per heavy atom. The lowest BCUT2D eigenvalue weighted by Crippen LogP contribution is -2.37. The van der Waals surface area contributed by atoms with E-state index in [1.54, 1.807) is 13.8 Å². The van der Waals surface area contributed by atoms with Crippen LogP contribution >= 0.6 is 11.6 Å². The fourth-order valence-corrected chi connectivity index (χ4v) is 1.77. The van der Waals surface area contributed by atoms with Crippen LogP contribution in [0, 0.1) is 6.92 Å². The van der Waals surface area contributed by atoms with E-state index in [0.29, 0.717) is 12.4 Å². The van der Waals surface area contributed by atoms with E-state index in [9.17, 15) is 9.59 Å². The van der Waals surface area contributed by atoms with Crippen molar-refractivity contribution in [3.05, 3.63) is 27.4 Å². The van der Waals surface area contributed by atoms with Gasteiger partial charge in [0.15, 0.2) is 0 Å². The molecule has 0 fully saturated rings. The third kappa shape index (κ3) is 3.30. The summed E-state index contributed by atoms with van der Waals surface area (Å²) >= 11 is 5.67. The maximum atomic E-state index is 11.8. The van der Waals surface area contributed by atoms with Crippen LogP contribution in [0.4, 0.5) is 0 Å². The fraction of sp³-hybridized carbons (Fsp3) is 0.545. The molecule has 0 aliphatic heterocycles. The molecule has 0 radical (unpaired) electrons. The van der Waals surface area contributed by atoms with Gasteiger partial charge in [-0.1, -0.05) is 18.5 Å². The zero-order valence-corrected chi connectivity index (χ0v) is 10.9. The number of halogens is 1. The zero-order chi connectivity index (χ0) is 13.0. The van der Waals surface area contributed by atoms with E-state index in [4.69, 9.17) is 11.6 Å². The molecule has 0 saturated heterocycles. The van der Waals surface area contributed by atoms with Gasteiger partial charge in [-0.25, -0.2) is 4.98 Å². The molecule has 1 N–H and O–H groups in total. The summed E-state index contributed by atoms with van der Waals surface area (Å²) in [5.41, 5.74) is -0.318. The maximum Gasteiger partial charge on any atom is 0.255 e. The molecule has 0 aromatic carbocycles. The molecular formula is C11H16ClN3O2. The van der Waals surface area contributed by atoms with E-state index in [2.05, 4.69) is 10.3 Å². The first kappa shape index (κ1) is 13.7. The van der Waals surface area contributed by atoms with Crippen LogP contribution in [0.3, 0.4) is 0 Å². The summed E-state index contributed by atoms with van der Waals surface area (Å²) in [5, 5.41) is 2.88. The molecule has 1 unspecified atom stereocenters. The largest absolute Gasteiger partial charge is 0.354 e. The summed E-state index contributed by atoms with van der Waals surface area (Å²) in [5.74, 6) is 0.239. The first-order valence-corrected chi connectivity index (χ1v) is 5.88. The van der Waals surface area contributed by atoms with Gasteiger partial charge < -0.3 is 5.32 Å². The number of nitrogens with one attached hydrogen (secondary N) is 1. The van der Waals surface area contributed by atoms with Gasteiger partial charge in [0.1, 0.15) is 17.0 Å². The molecule has 0 aliphatic rings. The molecule has 0 aliphatic carbocycles. The van der Waals surface area contributed by atoms with Crippen LogP contribution in [-0.4, -0.2) is 22.0 Å². The Morgan fingerprint density at radius 3 is 2.82 bits per heavy atom. The number of hydrogen-bond acceptors (Lipinski definition) is 3. The molecule has 1 amide bonds. The van der Waals surface area contributed by atoms with Crippen LogP contribution in [0.2, 0.25) is 5.15 Å². The van der Waals surface area contributed by atoms with Crippen molar-refractivity contribution in [2.24, 2.45) is 0 Å². The number of amides is 1. The molecular weight excluding hydrogens is 242 g/mol. The summed E-state index contributed by atoms with van der Waals surface area (Å²) in [7, 11) is 0. The highest BCUT2D eigenvalue weighted by Crippen LogP contribution is 2.08.